The summed E-state index contributed by atoms with van der Waals surface area (Å²) >= 11 is 0. The van der Waals surface area contributed by atoms with Gasteiger partial charge in [0.25, 0.3) is 0 Å². The molecule has 1 N–H and O–H groups in total. The predicted molar refractivity (Wildman–Crippen MR) is 70.4 cm³/mol. The van der Waals surface area contributed by atoms with E-state index in [0.29, 0.717) is 17.0 Å². The third-order valence-electron chi connectivity index (χ3n) is 2.83. The van der Waals surface area contributed by atoms with Gasteiger partial charge in [0.15, 0.2) is 5.69 Å². The van der Waals surface area contributed by atoms with Crippen LogP contribution in [-0.2, 0) is 6.42 Å². The molecular formula is C14H14N2O3. The molecule has 5 nitrogen and oxygen atoms in total. The maximum Gasteiger partial charge on any atom is 0.356 e. The molecule has 1 heterocycles. The Balaban J connectivity index is 2.66. The first-order valence-corrected chi connectivity index (χ1v) is 5.89. The molecule has 0 spiro atoms. The van der Waals surface area contributed by atoms with E-state index in [1.54, 1.807) is 7.11 Å². The van der Waals surface area contributed by atoms with Gasteiger partial charge in [-0.15, -0.1) is 0 Å². The number of benzene rings is 1. The molecule has 5 heteroatoms. The Morgan fingerprint density at radius 1 is 1.32 bits per heavy atom. The quantitative estimate of drug-likeness (QED) is 0.911. The minimum atomic E-state index is -1.10. The fraction of sp³-hybridized carbons (Fsp3) is 0.214. The Hall–Kier alpha value is -2.43. The third kappa shape index (κ3) is 2.54. The minimum Gasteiger partial charge on any atom is -0.496 e. The summed E-state index contributed by atoms with van der Waals surface area (Å²) < 4.78 is 5.27. The molecule has 0 fully saturated rings. The fourth-order valence-corrected chi connectivity index (χ4v) is 1.85. The maximum absolute atomic E-state index is 11.2. The summed E-state index contributed by atoms with van der Waals surface area (Å²) in [6, 6.07) is 5.64. The van der Waals surface area contributed by atoms with Crippen LogP contribution in [-0.4, -0.2) is 28.2 Å². The molecule has 0 aliphatic rings. The molecule has 2 aromatic rings. The molecule has 0 radical (unpaired) electrons. The van der Waals surface area contributed by atoms with Gasteiger partial charge in [0.2, 0.25) is 0 Å². The standard InChI is InChI=1S/C14H14N2O3/c1-3-9-4-5-11(19-2)10(8-9)12-13(14(17)18)16-7-6-15-12/h4-8H,3H2,1-2H3,(H,17,18). The Labute approximate surface area is 110 Å². The Bertz CT molecular complexity index is 611. The first kappa shape index (κ1) is 13.0. The molecule has 0 atom stereocenters. The van der Waals surface area contributed by atoms with Gasteiger partial charge in [0, 0.05) is 18.0 Å². The molecule has 0 unspecified atom stereocenters. The normalized spacial score (nSPS) is 10.2. The van der Waals surface area contributed by atoms with Gasteiger partial charge in [-0.2, -0.15) is 0 Å². The number of hydrogen-bond acceptors (Lipinski definition) is 4. The Morgan fingerprint density at radius 3 is 2.68 bits per heavy atom. The summed E-state index contributed by atoms with van der Waals surface area (Å²) in [6.07, 6.45) is 3.68. The number of carbonyl (C=O) groups is 1. The van der Waals surface area contributed by atoms with Crippen molar-refractivity contribution in [2.45, 2.75) is 13.3 Å². The fourth-order valence-electron chi connectivity index (χ4n) is 1.85. The molecule has 0 bridgehead atoms. The monoisotopic (exact) mass is 258 g/mol. The van der Waals surface area contributed by atoms with Gasteiger partial charge < -0.3 is 9.84 Å². The molecular weight excluding hydrogens is 244 g/mol. The molecule has 1 aromatic heterocycles. The van der Waals surface area contributed by atoms with Gasteiger partial charge in [-0.25, -0.2) is 9.78 Å². The summed E-state index contributed by atoms with van der Waals surface area (Å²) in [6.45, 7) is 2.03. The van der Waals surface area contributed by atoms with Crippen LogP contribution in [0, 0.1) is 0 Å². The Kier molecular flexibility index (Phi) is 3.75. The van der Waals surface area contributed by atoms with Gasteiger partial charge in [-0.1, -0.05) is 13.0 Å². The average Bonchev–Trinajstić information content (AvgIpc) is 2.46. The van der Waals surface area contributed by atoms with E-state index in [1.165, 1.54) is 12.4 Å². The van der Waals surface area contributed by atoms with Crippen molar-refractivity contribution in [1.29, 1.82) is 0 Å². The second-order valence-corrected chi connectivity index (χ2v) is 3.95. The van der Waals surface area contributed by atoms with Gasteiger partial charge in [0.1, 0.15) is 11.4 Å². The van der Waals surface area contributed by atoms with E-state index in [2.05, 4.69) is 9.97 Å². The van der Waals surface area contributed by atoms with Crippen LogP contribution in [0.4, 0.5) is 0 Å². The Morgan fingerprint density at radius 2 is 2.05 bits per heavy atom. The highest BCUT2D eigenvalue weighted by atomic mass is 16.5. The summed E-state index contributed by atoms with van der Waals surface area (Å²) in [4.78, 5) is 19.2. The number of hydrogen-bond donors (Lipinski definition) is 1. The van der Waals surface area contributed by atoms with E-state index >= 15 is 0 Å². The number of aromatic carboxylic acids is 1. The number of aryl methyl sites for hydroxylation is 1. The van der Waals surface area contributed by atoms with E-state index in [4.69, 9.17) is 4.74 Å². The van der Waals surface area contributed by atoms with E-state index in [1.807, 2.05) is 25.1 Å². The van der Waals surface area contributed by atoms with Crippen LogP contribution in [0.1, 0.15) is 23.0 Å². The number of rotatable bonds is 4. The lowest BCUT2D eigenvalue weighted by Gasteiger charge is -2.11. The van der Waals surface area contributed by atoms with Crippen molar-refractivity contribution in [2.75, 3.05) is 7.11 Å². The van der Waals surface area contributed by atoms with Crippen LogP contribution < -0.4 is 4.74 Å². The topological polar surface area (TPSA) is 72.3 Å². The van der Waals surface area contributed by atoms with Crippen LogP contribution >= 0.6 is 0 Å². The lowest BCUT2D eigenvalue weighted by Crippen LogP contribution is -2.05. The lowest BCUT2D eigenvalue weighted by molar-refractivity contribution is 0.0691. The smallest absolute Gasteiger partial charge is 0.356 e. The zero-order valence-electron chi connectivity index (χ0n) is 10.8. The molecule has 0 aliphatic carbocycles. The van der Waals surface area contributed by atoms with E-state index < -0.39 is 5.97 Å². The van der Waals surface area contributed by atoms with Crippen LogP contribution in [0.2, 0.25) is 0 Å². The summed E-state index contributed by atoms with van der Waals surface area (Å²) in [5.74, 6) is -0.521. The molecule has 0 saturated heterocycles. The van der Waals surface area contributed by atoms with Gasteiger partial charge in [-0.05, 0) is 24.1 Å². The summed E-state index contributed by atoms with van der Waals surface area (Å²) in [5.41, 5.74) is 1.97. The molecule has 0 amide bonds. The molecule has 19 heavy (non-hydrogen) atoms. The molecule has 1 aromatic carbocycles. The van der Waals surface area contributed by atoms with Gasteiger partial charge in [0.05, 0.1) is 7.11 Å². The van der Waals surface area contributed by atoms with Crippen molar-refractivity contribution in [3.8, 4) is 17.0 Å². The predicted octanol–water partition coefficient (Wildman–Crippen LogP) is 2.41. The van der Waals surface area contributed by atoms with Crippen molar-refractivity contribution in [1.82, 2.24) is 9.97 Å². The van der Waals surface area contributed by atoms with Crippen LogP contribution in [0.3, 0.4) is 0 Å². The van der Waals surface area contributed by atoms with E-state index in [-0.39, 0.29) is 5.69 Å². The molecule has 98 valence electrons. The second-order valence-electron chi connectivity index (χ2n) is 3.95. The van der Waals surface area contributed by atoms with Crippen LogP contribution in [0.25, 0.3) is 11.3 Å². The third-order valence-corrected chi connectivity index (χ3v) is 2.83. The zero-order valence-corrected chi connectivity index (χ0v) is 10.8. The van der Waals surface area contributed by atoms with E-state index in [9.17, 15) is 9.90 Å². The molecule has 0 saturated carbocycles. The highest BCUT2D eigenvalue weighted by molar-refractivity contribution is 5.93. The SMILES string of the molecule is CCc1ccc(OC)c(-c2nccnc2C(=O)O)c1. The van der Waals surface area contributed by atoms with Gasteiger partial charge in [-0.3, -0.25) is 4.98 Å². The van der Waals surface area contributed by atoms with Crippen LogP contribution in [0.15, 0.2) is 30.6 Å². The number of carboxylic acid groups (broad SMARTS) is 1. The largest absolute Gasteiger partial charge is 0.496 e. The number of aromatic nitrogens is 2. The number of methoxy groups -OCH3 is 1. The van der Waals surface area contributed by atoms with Crippen molar-refractivity contribution in [3.05, 3.63) is 41.9 Å². The first-order valence-electron chi connectivity index (χ1n) is 5.89. The summed E-state index contributed by atoms with van der Waals surface area (Å²) in [7, 11) is 1.54. The van der Waals surface area contributed by atoms with Crippen molar-refractivity contribution >= 4 is 5.97 Å². The van der Waals surface area contributed by atoms with Crippen LogP contribution in [0.5, 0.6) is 5.75 Å². The lowest BCUT2D eigenvalue weighted by atomic mass is 10.0. The highest BCUT2D eigenvalue weighted by Crippen LogP contribution is 2.31. The summed E-state index contributed by atoms with van der Waals surface area (Å²) in [5, 5.41) is 9.17. The van der Waals surface area contributed by atoms with Crippen molar-refractivity contribution in [2.24, 2.45) is 0 Å². The van der Waals surface area contributed by atoms with Crippen molar-refractivity contribution < 1.29 is 14.6 Å². The number of ether oxygens (including phenoxy) is 1. The highest BCUT2D eigenvalue weighted by Gasteiger charge is 2.17. The first-order chi connectivity index (χ1) is 9.17. The minimum absolute atomic E-state index is 0.0750. The molecule has 2 rings (SSSR count). The van der Waals surface area contributed by atoms with Gasteiger partial charge >= 0.3 is 5.97 Å². The average molecular weight is 258 g/mol. The van der Waals surface area contributed by atoms with Crippen molar-refractivity contribution in [3.63, 3.8) is 0 Å². The zero-order chi connectivity index (χ0) is 13.8. The number of nitrogens with zero attached hydrogens (tertiary/aromatic N) is 2. The number of carboxylic acids is 1. The van der Waals surface area contributed by atoms with E-state index in [0.717, 1.165) is 12.0 Å². The maximum atomic E-state index is 11.2. The second kappa shape index (κ2) is 5.48. The molecule has 0 aliphatic heterocycles.